The molecule has 0 bridgehead atoms. The number of fused-ring (bicyclic) bond motifs is 1. The van der Waals surface area contributed by atoms with Crippen LogP contribution < -0.4 is 15.0 Å². The number of methoxy groups -OCH3 is 1. The van der Waals surface area contributed by atoms with E-state index in [1.165, 1.54) is 26.0 Å². The molecule has 1 aromatic rings. The van der Waals surface area contributed by atoms with Crippen LogP contribution in [0.2, 0.25) is 0 Å². The molecule has 39 heavy (non-hydrogen) atoms. The number of alkyl halides is 3. The minimum Gasteiger partial charge on any atom is -0.473 e. The fourth-order valence-electron chi connectivity index (χ4n) is 4.92. The molecule has 0 saturated carbocycles. The number of piperidine rings is 1. The van der Waals surface area contributed by atoms with Crippen LogP contribution in [0.3, 0.4) is 0 Å². The van der Waals surface area contributed by atoms with Gasteiger partial charge in [0.05, 0.1) is 23.4 Å². The van der Waals surface area contributed by atoms with Gasteiger partial charge in [0.15, 0.2) is 0 Å². The molecular weight excluding hydrogens is 545 g/mol. The molecule has 220 valence electrons. The first-order valence-electron chi connectivity index (χ1n) is 12.4. The molecule has 0 radical (unpaired) electrons. The Morgan fingerprint density at radius 2 is 2.00 bits per heavy atom. The van der Waals surface area contributed by atoms with Gasteiger partial charge in [-0.2, -0.15) is 13.2 Å². The molecule has 14 heteroatoms. The summed E-state index contributed by atoms with van der Waals surface area (Å²) in [4.78, 5) is 42.1. The summed E-state index contributed by atoms with van der Waals surface area (Å²) in [7, 11) is 2.63. The number of nitrogens with one attached hydrogen (secondary N) is 1. The van der Waals surface area contributed by atoms with Crippen LogP contribution in [0.4, 0.5) is 23.7 Å². The van der Waals surface area contributed by atoms with E-state index >= 15 is 0 Å². The van der Waals surface area contributed by atoms with Crippen molar-refractivity contribution in [3.63, 3.8) is 0 Å². The second-order valence-corrected chi connectivity index (χ2v) is 10.1. The minimum atomic E-state index is -4.88. The fourth-order valence-corrected chi connectivity index (χ4v) is 4.92. The predicted octanol–water partition coefficient (Wildman–Crippen LogP) is 3.47. The van der Waals surface area contributed by atoms with E-state index in [-0.39, 0.29) is 55.6 Å². The number of carboxylic acid groups (broad SMARTS) is 1. The summed E-state index contributed by atoms with van der Waals surface area (Å²) in [6, 6.07) is 1.11. The van der Waals surface area contributed by atoms with Crippen LogP contribution in [0, 0.1) is 0 Å². The van der Waals surface area contributed by atoms with Crippen LogP contribution in [0.5, 0.6) is 5.75 Å². The van der Waals surface area contributed by atoms with Gasteiger partial charge in [0, 0.05) is 45.9 Å². The van der Waals surface area contributed by atoms with Crippen LogP contribution >= 0.6 is 12.4 Å². The quantitative estimate of drug-likeness (QED) is 0.484. The standard InChI is InChI=1S/C25H35F3N4O6.ClH/c1-15(2)32(16-7-6-8-29-13-16)21(33)17-11-19-20(12-18(17)25(26,27)28)38-24(3,14-37-5)22(34)31(19)10-9-30(4)23(35)36;/h11-12,15-16,29H,6-10,13-14H2,1-5H3,(H,35,36);1H/t16-,24-;/m1./s1. The molecule has 2 atom stereocenters. The third kappa shape index (κ3) is 6.87. The van der Waals surface area contributed by atoms with Crippen molar-refractivity contribution in [2.45, 2.75) is 57.5 Å². The molecule has 0 aliphatic carbocycles. The molecule has 3 amide bonds. The highest BCUT2D eigenvalue weighted by Gasteiger charge is 2.47. The van der Waals surface area contributed by atoms with Crippen molar-refractivity contribution in [1.29, 1.82) is 0 Å². The highest BCUT2D eigenvalue weighted by atomic mass is 35.5. The maximum Gasteiger partial charge on any atom is 0.417 e. The molecular formula is C25H36ClF3N4O6. The molecule has 2 heterocycles. The summed E-state index contributed by atoms with van der Waals surface area (Å²) in [5.41, 5.74) is -3.47. The number of anilines is 1. The summed E-state index contributed by atoms with van der Waals surface area (Å²) in [6.45, 7) is 5.55. The van der Waals surface area contributed by atoms with Gasteiger partial charge in [-0.25, -0.2) is 4.79 Å². The number of carbonyl (C=O) groups is 3. The van der Waals surface area contributed by atoms with Crippen LogP contribution in [0.15, 0.2) is 12.1 Å². The average Bonchev–Trinajstić information content (AvgIpc) is 2.83. The molecule has 1 aromatic carbocycles. The summed E-state index contributed by atoms with van der Waals surface area (Å²) in [5.74, 6) is -1.67. The predicted molar refractivity (Wildman–Crippen MR) is 140 cm³/mol. The van der Waals surface area contributed by atoms with Gasteiger partial charge in [-0.15, -0.1) is 12.4 Å². The van der Waals surface area contributed by atoms with Gasteiger partial charge in [-0.1, -0.05) is 0 Å². The van der Waals surface area contributed by atoms with Crippen molar-refractivity contribution in [1.82, 2.24) is 15.1 Å². The zero-order chi connectivity index (χ0) is 28.4. The van der Waals surface area contributed by atoms with E-state index < -0.39 is 40.8 Å². The number of rotatable bonds is 8. The number of likely N-dealkylation sites (N-methyl/N-ethyl adjacent to an activating group) is 1. The maximum absolute atomic E-state index is 14.3. The lowest BCUT2D eigenvalue weighted by Crippen LogP contribution is -2.58. The number of benzene rings is 1. The normalized spacial score (nSPS) is 21.1. The molecule has 10 nitrogen and oxygen atoms in total. The molecule has 2 aliphatic heterocycles. The van der Waals surface area contributed by atoms with Gasteiger partial charge < -0.3 is 34.6 Å². The number of hydrogen-bond donors (Lipinski definition) is 2. The topological polar surface area (TPSA) is 112 Å². The summed E-state index contributed by atoms with van der Waals surface area (Å²) < 4.78 is 53.9. The van der Waals surface area contributed by atoms with Crippen LogP contribution in [0.1, 0.15) is 49.5 Å². The number of carbonyl (C=O) groups excluding carboxylic acids is 2. The Kier molecular flexibility index (Phi) is 10.5. The first-order chi connectivity index (χ1) is 17.7. The maximum atomic E-state index is 14.3. The lowest BCUT2D eigenvalue weighted by atomic mass is 9.96. The molecule has 1 saturated heterocycles. The van der Waals surface area contributed by atoms with Gasteiger partial charge in [-0.05, 0) is 52.3 Å². The zero-order valence-electron chi connectivity index (χ0n) is 22.6. The van der Waals surface area contributed by atoms with Crippen molar-refractivity contribution in [2.24, 2.45) is 0 Å². The number of amides is 3. The van der Waals surface area contributed by atoms with Crippen LogP contribution in [-0.4, -0.2) is 97.4 Å². The van der Waals surface area contributed by atoms with E-state index in [4.69, 9.17) is 9.47 Å². The number of nitrogens with zero attached hydrogens (tertiary/aromatic N) is 3. The monoisotopic (exact) mass is 580 g/mol. The first kappa shape index (κ1) is 32.4. The largest absolute Gasteiger partial charge is 0.473 e. The lowest BCUT2D eigenvalue weighted by Gasteiger charge is -2.42. The van der Waals surface area contributed by atoms with Gasteiger partial charge in [-0.3, -0.25) is 9.59 Å². The minimum absolute atomic E-state index is 0. The number of halogens is 4. The van der Waals surface area contributed by atoms with Crippen molar-refractivity contribution >= 4 is 36.0 Å². The van der Waals surface area contributed by atoms with E-state index in [0.29, 0.717) is 13.0 Å². The summed E-state index contributed by atoms with van der Waals surface area (Å²) >= 11 is 0. The highest BCUT2D eigenvalue weighted by molar-refractivity contribution is 6.05. The fraction of sp³-hybridized carbons (Fsp3) is 0.640. The Hall–Kier alpha value is -2.77. The smallest absolute Gasteiger partial charge is 0.417 e. The molecule has 2 aliphatic rings. The Morgan fingerprint density at radius 3 is 2.51 bits per heavy atom. The van der Waals surface area contributed by atoms with Crippen molar-refractivity contribution in [3.8, 4) is 5.75 Å². The molecule has 1 fully saturated rings. The summed E-state index contributed by atoms with van der Waals surface area (Å²) in [5, 5.41) is 12.4. The molecule has 3 rings (SSSR count). The van der Waals surface area contributed by atoms with Gasteiger partial charge in [0.2, 0.25) is 5.60 Å². The van der Waals surface area contributed by atoms with Gasteiger partial charge in [0.1, 0.15) is 5.75 Å². The Balaban J connectivity index is 0.00000533. The van der Waals surface area contributed by atoms with Crippen molar-refractivity contribution in [3.05, 3.63) is 23.3 Å². The second kappa shape index (κ2) is 12.6. The molecule has 0 spiro atoms. The molecule has 0 aromatic heterocycles. The number of hydrogen-bond acceptors (Lipinski definition) is 6. The van der Waals surface area contributed by atoms with E-state index in [2.05, 4.69) is 5.32 Å². The SMILES string of the molecule is COC[C@@]1(C)Oc2cc(C(F)(F)F)c(C(=O)N(C(C)C)[C@@H]3CCCNC3)cc2N(CCN(C)C(=O)O)C1=O.Cl. The zero-order valence-corrected chi connectivity index (χ0v) is 23.4. The van der Waals surface area contributed by atoms with E-state index in [9.17, 15) is 32.7 Å². The second-order valence-electron chi connectivity index (χ2n) is 10.1. The van der Waals surface area contributed by atoms with E-state index in [0.717, 1.165) is 34.9 Å². The van der Waals surface area contributed by atoms with Gasteiger partial charge in [0.25, 0.3) is 11.8 Å². The Bertz CT molecular complexity index is 1070. The summed E-state index contributed by atoms with van der Waals surface area (Å²) in [6.07, 6.45) is -4.69. The average molecular weight is 581 g/mol. The van der Waals surface area contributed by atoms with Gasteiger partial charge >= 0.3 is 12.3 Å². The van der Waals surface area contributed by atoms with E-state index in [1.807, 2.05) is 0 Å². The Labute approximate surface area is 231 Å². The third-order valence-electron chi connectivity index (χ3n) is 6.82. The highest BCUT2D eigenvalue weighted by Crippen LogP contribution is 2.44. The lowest BCUT2D eigenvalue weighted by molar-refractivity contribution is -0.140. The number of ether oxygens (including phenoxy) is 2. The third-order valence-corrected chi connectivity index (χ3v) is 6.82. The van der Waals surface area contributed by atoms with Crippen LogP contribution in [-0.2, 0) is 15.7 Å². The van der Waals surface area contributed by atoms with Crippen LogP contribution in [0.25, 0.3) is 0 Å². The molecule has 2 N–H and O–H groups in total. The van der Waals surface area contributed by atoms with Crippen molar-refractivity contribution in [2.75, 3.05) is 51.8 Å². The van der Waals surface area contributed by atoms with Crippen molar-refractivity contribution < 1.29 is 42.1 Å². The first-order valence-corrected chi connectivity index (χ1v) is 12.4. The molecule has 0 unspecified atom stereocenters. The van der Waals surface area contributed by atoms with E-state index in [1.54, 1.807) is 13.8 Å². The Morgan fingerprint density at radius 1 is 1.33 bits per heavy atom.